The molecule has 0 fully saturated rings. The Morgan fingerprint density at radius 3 is 2.51 bits per heavy atom. The van der Waals surface area contributed by atoms with E-state index in [0.717, 1.165) is 5.56 Å². The van der Waals surface area contributed by atoms with Crippen LogP contribution in [0.3, 0.4) is 0 Å². The molecule has 1 amide bonds. The fraction of sp³-hybridized carbons (Fsp3) is 0.467. The van der Waals surface area contributed by atoms with Crippen LogP contribution in [-0.2, 0) is 26.2 Å². The maximum Gasteiger partial charge on any atom is 0.306 e. The summed E-state index contributed by atoms with van der Waals surface area (Å²) in [7, 11) is 0. The van der Waals surface area contributed by atoms with E-state index in [4.69, 9.17) is 4.74 Å². The molecular weight excluding hydrogens is 594 g/mol. The first-order valence-electron chi connectivity index (χ1n) is 13.5. The van der Waals surface area contributed by atoms with Gasteiger partial charge in [-0.1, -0.05) is 26.8 Å². The Morgan fingerprint density at radius 1 is 1.15 bits per heavy atom. The molecule has 2 aromatic rings. The summed E-state index contributed by atoms with van der Waals surface area (Å²) < 4.78 is 5.58. The SMILES string of the molecule is CCOC(=O)C[C@H](CC(=O)CNC(=O)c1cc(O)cc(CC2=NCC(O)CN2)c1)c1cc(C(C)(C)C)cc(Br)c1O. The molecule has 0 bridgehead atoms. The summed E-state index contributed by atoms with van der Waals surface area (Å²) in [6.07, 6.45) is -0.448. The van der Waals surface area contributed by atoms with Crippen molar-refractivity contribution in [1.82, 2.24) is 10.6 Å². The lowest BCUT2D eigenvalue weighted by Crippen LogP contribution is -2.39. The van der Waals surface area contributed by atoms with E-state index < -0.39 is 23.9 Å². The molecule has 0 aromatic heterocycles. The Balaban J connectivity index is 1.73. The number of esters is 1. The number of Topliss-reactive ketones (excluding diaryl/α,β-unsaturated/α-hetero) is 1. The van der Waals surface area contributed by atoms with E-state index in [1.165, 1.54) is 12.1 Å². The van der Waals surface area contributed by atoms with E-state index in [1.54, 1.807) is 19.1 Å². The summed E-state index contributed by atoms with van der Waals surface area (Å²) >= 11 is 3.39. The van der Waals surface area contributed by atoms with E-state index >= 15 is 0 Å². The molecule has 1 unspecified atom stereocenters. The van der Waals surface area contributed by atoms with Gasteiger partial charge in [0.05, 0.1) is 36.7 Å². The number of nitrogens with zero attached hydrogens (tertiary/aromatic N) is 1. The number of halogens is 1. The molecule has 2 atom stereocenters. The van der Waals surface area contributed by atoms with Crippen LogP contribution in [-0.4, -0.2) is 71.2 Å². The van der Waals surface area contributed by atoms with Crippen LogP contribution >= 0.6 is 15.9 Å². The number of amidine groups is 1. The van der Waals surface area contributed by atoms with Crippen molar-refractivity contribution in [2.24, 2.45) is 4.99 Å². The number of phenolic OH excluding ortho intramolecular Hbond substituents is 2. The zero-order chi connectivity index (χ0) is 30.3. The predicted molar refractivity (Wildman–Crippen MR) is 159 cm³/mol. The Labute approximate surface area is 248 Å². The van der Waals surface area contributed by atoms with E-state index in [0.29, 0.717) is 34.4 Å². The largest absolute Gasteiger partial charge is 0.508 e. The van der Waals surface area contributed by atoms with Gasteiger partial charge in [0.1, 0.15) is 17.3 Å². The average Bonchev–Trinajstić information content (AvgIpc) is 2.89. The maximum absolute atomic E-state index is 13.0. The number of hydrogen-bond acceptors (Lipinski definition) is 9. The van der Waals surface area contributed by atoms with Gasteiger partial charge in [0.2, 0.25) is 0 Å². The third kappa shape index (κ3) is 9.29. The molecule has 2 aromatic carbocycles. The van der Waals surface area contributed by atoms with Crippen LogP contribution in [0.4, 0.5) is 0 Å². The molecule has 222 valence electrons. The highest BCUT2D eigenvalue weighted by Gasteiger charge is 2.27. The summed E-state index contributed by atoms with van der Waals surface area (Å²) in [5.74, 6) is -1.58. The normalized spacial score (nSPS) is 15.9. The minimum atomic E-state index is -0.674. The molecule has 1 aliphatic rings. The van der Waals surface area contributed by atoms with Crippen molar-refractivity contribution in [2.45, 2.75) is 64.4 Å². The standard InChI is InChI=1S/C30H38BrN3O7/c1-5-41-27(38)11-18(24-12-20(30(2,3)4)13-25(31)28(24)39)9-22(36)14-34-29(40)19-6-17(7-21(35)10-19)8-26-32-15-23(37)16-33-26/h6-7,10,12-13,18,23,35,37,39H,5,8-9,11,14-16H2,1-4H3,(H,32,33)(H,34,40)/t18-/m0/s1. The van der Waals surface area contributed by atoms with Gasteiger partial charge in [-0.2, -0.15) is 0 Å². The summed E-state index contributed by atoms with van der Waals surface area (Å²) in [5, 5.41) is 36.2. The molecule has 0 saturated carbocycles. The van der Waals surface area contributed by atoms with Gasteiger partial charge in [0, 0.05) is 30.9 Å². The van der Waals surface area contributed by atoms with Crippen LogP contribution in [0, 0.1) is 0 Å². The zero-order valence-corrected chi connectivity index (χ0v) is 25.4. The van der Waals surface area contributed by atoms with Gasteiger partial charge in [0.25, 0.3) is 5.91 Å². The van der Waals surface area contributed by atoms with Crippen molar-refractivity contribution < 1.29 is 34.4 Å². The van der Waals surface area contributed by atoms with Crippen LogP contribution < -0.4 is 10.6 Å². The summed E-state index contributed by atoms with van der Waals surface area (Å²) in [6, 6.07) is 8.04. The molecule has 1 heterocycles. The van der Waals surface area contributed by atoms with Crippen molar-refractivity contribution in [3.63, 3.8) is 0 Å². The van der Waals surface area contributed by atoms with E-state index in [-0.39, 0.29) is 60.8 Å². The quantitative estimate of drug-likeness (QED) is 0.236. The minimum absolute atomic E-state index is 0.0528. The van der Waals surface area contributed by atoms with Crippen molar-refractivity contribution >= 4 is 39.4 Å². The Kier molecular flexibility index (Phi) is 10.9. The number of phenols is 2. The van der Waals surface area contributed by atoms with Crippen LogP contribution in [0.15, 0.2) is 39.8 Å². The number of ether oxygens (including phenoxy) is 1. The number of aliphatic hydroxyl groups excluding tert-OH is 1. The van der Waals surface area contributed by atoms with E-state index in [9.17, 15) is 29.7 Å². The molecule has 0 saturated heterocycles. The molecule has 0 radical (unpaired) electrons. The molecule has 3 rings (SSSR count). The number of hydrogen-bond donors (Lipinski definition) is 5. The van der Waals surface area contributed by atoms with Gasteiger partial charge in [-0.25, -0.2) is 0 Å². The summed E-state index contributed by atoms with van der Waals surface area (Å²) in [6.45, 7) is 8.29. The number of ketones is 1. The molecule has 11 heteroatoms. The van der Waals surface area contributed by atoms with Crippen LogP contribution in [0.2, 0.25) is 0 Å². The first-order chi connectivity index (χ1) is 19.3. The number of aliphatic hydroxyl groups is 1. The lowest BCUT2D eigenvalue weighted by Gasteiger charge is -2.24. The third-order valence-electron chi connectivity index (χ3n) is 6.68. The number of aliphatic imine (C=N–C) groups is 1. The van der Waals surface area contributed by atoms with Gasteiger partial charge < -0.3 is 30.7 Å². The number of rotatable bonds is 11. The number of benzene rings is 2. The van der Waals surface area contributed by atoms with Gasteiger partial charge in [-0.3, -0.25) is 19.4 Å². The van der Waals surface area contributed by atoms with Crippen molar-refractivity contribution in [3.8, 4) is 11.5 Å². The Bertz CT molecular complexity index is 1320. The molecule has 1 aliphatic heterocycles. The number of carbonyl (C=O) groups is 3. The van der Waals surface area contributed by atoms with Crippen molar-refractivity contribution in [3.05, 3.63) is 57.1 Å². The van der Waals surface area contributed by atoms with Crippen LogP contribution in [0.25, 0.3) is 0 Å². The molecule has 41 heavy (non-hydrogen) atoms. The summed E-state index contributed by atoms with van der Waals surface area (Å²) in [4.78, 5) is 42.6. The number of nitrogens with one attached hydrogen (secondary N) is 2. The number of carbonyl (C=O) groups excluding carboxylic acids is 3. The topological polar surface area (TPSA) is 158 Å². The van der Waals surface area contributed by atoms with Gasteiger partial charge in [0.15, 0.2) is 5.78 Å². The molecule has 0 spiro atoms. The van der Waals surface area contributed by atoms with Crippen LogP contribution in [0.5, 0.6) is 11.5 Å². The zero-order valence-electron chi connectivity index (χ0n) is 23.8. The highest BCUT2D eigenvalue weighted by molar-refractivity contribution is 9.10. The van der Waals surface area contributed by atoms with Gasteiger partial charge >= 0.3 is 5.97 Å². The second-order valence-electron chi connectivity index (χ2n) is 11.2. The number of β-amino-alcohol motifs (C(OH)–C–C–N with tert-alkyl or cyclic N) is 1. The first-order valence-corrected chi connectivity index (χ1v) is 14.3. The Morgan fingerprint density at radius 2 is 1.88 bits per heavy atom. The smallest absolute Gasteiger partial charge is 0.306 e. The lowest BCUT2D eigenvalue weighted by molar-refractivity contribution is -0.143. The fourth-order valence-electron chi connectivity index (χ4n) is 4.50. The molecular formula is C30H38BrN3O7. The number of aromatic hydroxyl groups is 2. The second-order valence-corrected chi connectivity index (χ2v) is 12.0. The minimum Gasteiger partial charge on any atom is -0.508 e. The first kappa shape index (κ1) is 32.1. The monoisotopic (exact) mass is 631 g/mol. The number of amides is 1. The highest BCUT2D eigenvalue weighted by Crippen LogP contribution is 2.40. The average molecular weight is 633 g/mol. The second kappa shape index (κ2) is 14.0. The predicted octanol–water partition coefficient (Wildman–Crippen LogP) is 3.49. The van der Waals surface area contributed by atoms with E-state index in [2.05, 4.69) is 31.6 Å². The lowest BCUT2D eigenvalue weighted by atomic mass is 9.82. The highest BCUT2D eigenvalue weighted by atomic mass is 79.9. The van der Waals surface area contributed by atoms with Crippen molar-refractivity contribution in [1.29, 1.82) is 0 Å². The molecule has 0 aliphatic carbocycles. The Hall–Kier alpha value is -3.44. The van der Waals surface area contributed by atoms with Crippen molar-refractivity contribution in [2.75, 3.05) is 26.2 Å². The van der Waals surface area contributed by atoms with Gasteiger partial charge in [-0.15, -0.1) is 0 Å². The molecule has 10 nitrogen and oxygen atoms in total. The fourth-order valence-corrected chi connectivity index (χ4v) is 4.97. The molecule has 5 N–H and O–H groups in total. The van der Waals surface area contributed by atoms with E-state index in [1.807, 2.05) is 26.8 Å². The summed E-state index contributed by atoms with van der Waals surface area (Å²) in [5.41, 5.74) is 1.92. The third-order valence-corrected chi connectivity index (χ3v) is 7.29. The van der Waals surface area contributed by atoms with Gasteiger partial charge in [-0.05, 0) is 69.2 Å². The van der Waals surface area contributed by atoms with Crippen LogP contribution in [0.1, 0.15) is 73.5 Å². The maximum atomic E-state index is 13.0.